The van der Waals surface area contributed by atoms with E-state index in [1.54, 1.807) is 0 Å². The van der Waals surface area contributed by atoms with Gasteiger partial charge >= 0.3 is 0 Å². The molecule has 2 aromatic carbocycles. The van der Waals surface area contributed by atoms with Gasteiger partial charge in [0.1, 0.15) is 12.4 Å². The van der Waals surface area contributed by atoms with E-state index in [1.165, 1.54) is 5.56 Å². The largest absolute Gasteiger partial charge is 0.486 e. The lowest BCUT2D eigenvalue weighted by molar-refractivity contribution is -0.109. The van der Waals surface area contributed by atoms with Gasteiger partial charge in [-0.2, -0.15) is 0 Å². The first-order chi connectivity index (χ1) is 8.40. The van der Waals surface area contributed by atoms with E-state index in [2.05, 4.69) is 12.1 Å². The summed E-state index contributed by atoms with van der Waals surface area (Å²) in [6.45, 7) is 0.103. The quantitative estimate of drug-likeness (QED) is 0.733. The maximum atomic E-state index is 10.3. The zero-order valence-electron chi connectivity index (χ0n) is 9.50. The molecule has 0 N–H and O–H groups in total. The highest BCUT2D eigenvalue weighted by Gasteiger charge is 2.03. The van der Waals surface area contributed by atoms with Crippen LogP contribution in [0.2, 0.25) is 0 Å². The number of hydrogen-bond donors (Lipinski definition) is 0. The van der Waals surface area contributed by atoms with Crippen molar-refractivity contribution >= 4 is 6.29 Å². The van der Waals surface area contributed by atoms with Crippen LogP contribution in [0.3, 0.4) is 0 Å². The molecule has 0 heterocycles. The lowest BCUT2D eigenvalue weighted by atomic mass is 10.0. The van der Waals surface area contributed by atoms with Crippen LogP contribution in [-0.4, -0.2) is 12.9 Å². The Morgan fingerprint density at radius 2 is 1.65 bits per heavy atom. The molecule has 0 aliphatic rings. The van der Waals surface area contributed by atoms with Crippen molar-refractivity contribution in [1.29, 1.82) is 0 Å². The standard InChI is InChI=1S/C15H14O2/c16-10-11-17-15-9-5-4-8-14(15)12-13-6-2-1-3-7-13/h1-10H,11-12H2. The third kappa shape index (κ3) is 3.18. The monoisotopic (exact) mass is 226 g/mol. The smallest absolute Gasteiger partial charge is 0.157 e. The first-order valence-corrected chi connectivity index (χ1v) is 5.58. The van der Waals surface area contributed by atoms with Gasteiger partial charge in [0.05, 0.1) is 0 Å². The van der Waals surface area contributed by atoms with Gasteiger partial charge in [0.25, 0.3) is 0 Å². The topological polar surface area (TPSA) is 26.3 Å². The second-order valence-corrected chi connectivity index (χ2v) is 3.75. The van der Waals surface area contributed by atoms with E-state index in [-0.39, 0.29) is 6.61 Å². The number of para-hydroxylation sites is 1. The number of hydrogen-bond acceptors (Lipinski definition) is 2. The van der Waals surface area contributed by atoms with E-state index in [0.29, 0.717) is 0 Å². The molecular formula is C15H14O2. The second kappa shape index (κ2) is 5.85. The van der Waals surface area contributed by atoms with E-state index in [4.69, 9.17) is 4.74 Å². The average molecular weight is 226 g/mol. The van der Waals surface area contributed by atoms with Gasteiger partial charge in [-0.1, -0.05) is 48.5 Å². The van der Waals surface area contributed by atoms with Crippen LogP contribution in [0.1, 0.15) is 11.1 Å². The van der Waals surface area contributed by atoms with Gasteiger partial charge in [0.2, 0.25) is 0 Å². The maximum absolute atomic E-state index is 10.3. The van der Waals surface area contributed by atoms with Gasteiger partial charge in [-0.3, -0.25) is 4.79 Å². The summed E-state index contributed by atoms with van der Waals surface area (Å²) >= 11 is 0. The van der Waals surface area contributed by atoms with Crippen LogP contribution in [0.15, 0.2) is 54.6 Å². The number of benzene rings is 2. The Bertz CT molecular complexity index is 477. The van der Waals surface area contributed by atoms with Crippen LogP contribution >= 0.6 is 0 Å². The molecule has 0 amide bonds. The second-order valence-electron chi connectivity index (χ2n) is 3.75. The molecular weight excluding hydrogens is 212 g/mol. The minimum atomic E-state index is 0.103. The Balaban J connectivity index is 2.17. The predicted molar refractivity (Wildman–Crippen MR) is 67.2 cm³/mol. The molecule has 2 rings (SSSR count). The fourth-order valence-electron chi connectivity index (χ4n) is 1.73. The number of carbonyl (C=O) groups excluding carboxylic acids is 1. The first kappa shape index (κ1) is 11.4. The summed E-state index contributed by atoms with van der Waals surface area (Å²) in [6, 6.07) is 18.0. The first-order valence-electron chi connectivity index (χ1n) is 5.58. The molecule has 0 radical (unpaired) electrons. The summed E-state index contributed by atoms with van der Waals surface area (Å²) in [5.74, 6) is 0.781. The molecule has 0 aliphatic heterocycles. The van der Waals surface area contributed by atoms with Gasteiger partial charge in [-0.15, -0.1) is 0 Å². The van der Waals surface area contributed by atoms with E-state index in [1.807, 2.05) is 42.5 Å². The van der Waals surface area contributed by atoms with Crippen LogP contribution in [0.4, 0.5) is 0 Å². The SMILES string of the molecule is O=CCOc1ccccc1Cc1ccccc1. The lowest BCUT2D eigenvalue weighted by Gasteiger charge is -2.09. The number of rotatable bonds is 5. The van der Waals surface area contributed by atoms with E-state index in [9.17, 15) is 4.79 Å². The molecule has 2 aromatic rings. The highest BCUT2D eigenvalue weighted by molar-refractivity contribution is 5.52. The molecule has 0 unspecified atom stereocenters. The summed E-state index contributed by atoms with van der Waals surface area (Å²) in [6.07, 6.45) is 1.58. The molecule has 0 bridgehead atoms. The summed E-state index contributed by atoms with van der Waals surface area (Å²) in [7, 11) is 0. The van der Waals surface area contributed by atoms with Crippen molar-refractivity contribution in [2.24, 2.45) is 0 Å². The Morgan fingerprint density at radius 3 is 2.41 bits per heavy atom. The van der Waals surface area contributed by atoms with Gasteiger partial charge in [-0.05, 0) is 17.2 Å². The molecule has 0 aromatic heterocycles. The molecule has 0 atom stereocenters. The van der Waals surface area contributed by atoms with Crippen molar-refractivity contribution in [3.05, 3.63) is 65.7 Å². The van der Waals surface area contributed by atoms with Crippen molar-refractivity contribution in [3.63, 3.8) is 0 Å². The minimum absolute atomic E-state index is 0.103. The van der Waals surface area contributed by atoms with Gasteiger partial charge in [0, 0.05) is 6.42 Å². The van der Waals surface area contributed by atoms with Crippen molar-refractivity contribution in [2.75, 3.05) is 6.61 Å². The van der Waals surface area contributed by atoms with Gasteiger partial charge < -0.3 is 4.74 Å². The highest BCUT2D eigenvalue weighted by atomic mass is 16.5. The van der Waals surface area contributed by atoms with Crippen LogP contribution in [0, 0.1) is 0 Å². The van der Waals surface area contributed by atoms with Gasteiger partial charge in [-0.25, -0.2) is 0 Å². The molecule has 86 valence electrons. The fourth-order valence-corrected chi connectivity index (χ4v) is 1.73. The summed E-state index contributed by atoms with van der Waals surface area (Å²) in [5.41, 5.74) is 2.33. The lowest BCUT2D eigenvalue weighted by Crippen LogP contribution is -2.01. The maximum Gasteiger partial charge on any atom is 0.157 e. The summed E-state index contributed by atoms with van der Waals surface area (Å²) in [5, 5.41) is 0. The molecule has 2 heteroatoms. The third-order valence-electron chi connectivity index (χ3n) is 2.52. The molecule has 17 heavy (non-hydrogen) atoms. The molecule has 0 fully saturated rings. The zero-order chi connectivity index (χ0) is 11.9. The molecule has 0 saturated carbocycles. The van der Waals surface area contributed by atoms with Crippen molar-refractivity contribution in [2.45, 2.75) is 6.42 Å². The summed E-state index contributed by atoms with van der Waals surface area (Å²) in [4.78, 5) is 10.3. The Kier molecular flexibility index (Phi) is 3.92. The van der Waals surface area contributed by atoms with E-state index >= 15 is 0 Å². The number of ether oxygens (including phenoxy) is 1. The van der Waals surface area contributed by atoms with Crippen LogP contribution in [0.25, 0.3) is 0 Å². The van der Waals surface area contributed by atoms with E-state index < -0.39 is 0 Å². The number of carbonyl (C=O) groups is 1. The third-order valence-corrected chi connectivity index (χ3v) is 2.52. The average Bonchev–Trinajstić information content (AvgIpc) is 2.39. The van der Waals surface area contributed by atoms with Gasteiger partial charge in [0.15, 0.2) is 6.29 Å². The highest BCUT2D eigenvalue weighted by Crippen LogP contribution is 2.21. The van der Waals surface area contributed by atoms with E-state index in [0.717, 1.165) is 24.0 Å². The van der Waals surface area contributed by atoms with Crippen LogP contribution < -0.4 is 4.74 Å². The van der Waals surface area contributed by atoms with Crippen molar-refractivity contribution < 1.29 is 9.53 Å². The van der Waals surface area contributed by atoms with Crippen LogP contribution in [-0.2, 0) is 11.2 Å². The molecule has 0 saturated heterocycles. The van der Waals surface area contributed by atoms with Crippen molar-refractivity contribution in [1.82, 2.24) is 0 Å². The normalized spacial score (nSPS) is 9.88. The summed E-state index contributed by atoms with van der Waals surface area (Å²) < 4.78 is 5.39. The minimum Gasteiger partial charge on any atom is -0.486 e. The Hall–Kier alpha value is -2.09. The van der Waals surface area contributed by atoms with Crippen LogP contribution in [0.5, 0.6) is 5.75 Å². The Labute approximate surface area is 101 Å². The zero-order valence-corrected chi connectivity index (χ0v) is 9.50. The Morgan fingerprint density at radius 1 is 0.941 bits per heavy atom. The molecule has 2 nitrogen and oxygen atoms in total. The molecule has 0 spiro atoms. The van der Waals surface area contributed by atoms with Crippen molar-refractivity contribution in [3.8, 4) is 5.75 Å². The number of aldehydes is 1. The molecule has 0 aliphatic carbocycles. The predicted octanol–water partition coefficient (Wildman–Crippen LogP) is 2.86. The fraction of sp³-hybridized carbons (Fsp3) is 0.133.